The van der Waals surface area contributed by atoms with E-state index in [9.17, 15) is 19.2 Å². The van der Waals surface area contributed by atoms with Gasteiger partial charge in [0.15, 0.2) is 0 Å². The molecule has 2 heterocycles. The Morgan fingerprint density at radius 3 is 1.80 bits per heavy atom. The van der Waals surface area contributed by atoms with Gasteiger partial charge in [0.1, 0.15) is 0 Å². The summed E-state index contributed by atoms with van der Waals surface area (Å²) in [6, 6.07) is 0.419. The number of urea groups is 1. The van der Waals surface area contributed by atoms with Crippen molar-refractivity contribution in [2.45, 2.75) is 88.0 Å². The summed E-state index contributed by atoms with van der Waals surface area (Å²) in [5.41, 5.74) is 0. The van der Waals surface area contributed by atoms with Gasteiger partial charge in [-0.2, -0.15) is 11.8 Å². The minimum absolute atomic E-state index is 0.00121. The number of hydrogen-bond acceptors (Lipinski definition) is 9. The molecule has 2 saturated heterocycles. The third-order valence-electron chi connectivity index (χ3n) is 7.38. The third-order valence-corrected chi connectivity index (χ3v) is 8.89. The fourth-order valence-corrected chi connectivity index (χ4v) is 6.49. The number of rotatable bonds is 28. The maximum Gasteiger partial charge on any atom is 0.315 e. The van der Waals surface area contributed by atoms with Crippen molar-refractivity contribution in [1.82, 2.24) is 31.9 Å². The molecule has 2 aliphatic rings. The SMILES string of the molecule is CNCCCCNC(=O)CCCC(=O)NCCCOCCOCCOCCCNC(=O)CCCC[C@@H]1SC[C@@H]2NC(=O)N[C@@H]21. The van der Waals surface area contributed by atoms with E-state index in [-0.39, 0.29) is 35.8 Å². The van der Waals surface area contributed by atoms with Crippen molar-refractivity contribution in [3.63, 3.8) is 0 Å². The molecule has 0 radical (unpaired) electrons. The second-order valence-electron chi connectivity index (χ2n) is 11.1. The van der Waals surface area contributed by atoms with E-state index in [1.807, 2.05) is 18.8 Å². The number of amides is 5. The quantitative estimate of drug-likeness (QED) is 0.0539. The van der Waals surface area contributed by atoms with Crippen LogP contribution in [-0.4, -0.2) is 120 Å². The van der Waals surface area contributed by atoms with E-state index < -0.39 is 0 Å². The first kappa shape index (κ1) is 38.1. The molecular formula is C30H56N6O7S. The number of fused-ring (bicyclic) bond motifs is 1. The first-order valence-corrected chi connectivity index (χ1v) is 17.4. The van der Waals surface area contributed by atoms with Gasteiger partial charge in [0.2, 0.25) is 17.7 Å². The maximum absolute atomic E-state index is 12.0. The van der Waals surface area contributed by atoms with Crippen molar-refractivity contribution in [2.75, 3.05) is 78.6 Å². The van der Waals surface area contributed by atoms with Crippen LogP contribution in [0.1, 0.15) is 70.6 Å². The number of ether oxygens (including phenoxy) is 3. The van der Waals surface area contributed by atoms with Gasteiger partial charge in [-0.3, -0.25) is 14.4 Å². The summed E-state index contributed by atoms with van der Waals surface area (Å²) in [7, 11) is 1.91. The lowest BCUT2D eigenvalue weighted by Crippen LogP contribution is -2.36. The normalized spacial score (nSPS) is 18.8. The zero-order valence-electron chi connectivity index (χ0n) is 26.6. The molecule has 6 N–H and O–H groups in total. The Balaban J connectivity index is 1.24. The Morgan fingerprint density at radius 2 is 1.20 bits per heavy atom. The monoisotopic (exact) mass is 644 g/mol. The van der Waals surface area contributed by atoms with Crippen LogP contribution in [0, 0.1) is 0 Å². The van der Waals surface area contributed by atoms with Crippen molar-refractivity contribution in [1.29, 1.82) is 0 Å². The van der Waals surface area contributed by atoms with E-state index in [0.29, 0.717) is 90.2 Å². The van der Waals surface area contributed by atoms with Gasteiger partial charge in [-0.25, -0.2) is 4.79 Å². The molecular weight excluding hydrogens is 588 g/mol. The van der Waals surface area contributed by atoms with E-state index >= 15 is 0 Å². The number of hydrogen-bond donors (Lipinski definition) is 6. The molecule has 0 aliphatic carbocycles. The van der Waals surface area contributed by atoms with Crippen LogP contribution in [0.4, 0.5) is 4.79 Å². The summed E-state index contributed by atoms with van der Waals surface area (Å²) in [4.78, 5) is 47.1. The lowest BCUT2D eigenvalue weighted by Gasteiger charge is -2.16. The first-order chi connectivity index (χ1) is 21.5. The number of unbranched alkanes of at least 4 members (excludes halogenated alkanes) is 2. The zero-order valence-corrected chi connectivity index (χ0v) is 27.4. The fourth-order valence-electron chi connectivity index (χ4n) is 4.95. The van der Waals surface area contributed by atoms with Crippen molar-refractivity contribution in [2.24, 2.45) is 0 Å². The Hall–Kier alpha value is -2.13. The van der Waals surface area contributed by atoms with Crippen molar-refractivity contribution < 1.29 is 33.4 Å². The molecule has 0 spiro atoms. The van der Waals surface area contributed by atoms with E-state index in [4.69, 9.17) is 14.2 Å². The largest absolute Gasteiger partial charge is 0.379 e. The van der Waals surface area contributed by atoms with E-state index in [1.165, 1.54) is 0 Å². The van der Waals surface area contributed by atoms with Crippen LogP contribution >= 0.6 is 11.8 Å². The highest BCUT2D eigenvalue weighted by molar-refractivity contribution is 8.00. The lowest BCUT2D eigenvalue weighted by atomic mass is 10.0. The molecule has 254 valence electrons. The Labute approximate surface area is 267 Å². The second kappa shape index (κ2) is 25.1. The Morgan fingerprint density at radius 1 is 0.682 bits per heavy atom. The zero-order chi connectivity index (χ0) is 31.7. The molecule has 13 nitrogen and oxygen atoms in total. The molecule has 0 bridgehead atoms. The van der Waals surface area contributed by atoms with Gasteiger partial charge in [-0.1, -0.05) is 6.42 Å². The molecule has 0 aromatic carbocycles. The minimum Gasteiger partial charge on any atom is -0.379 e. The van der Waals surface area contributed by atoms with Gasteiger partial charge in [-0.15, -0.1) is 0 Å². The summed E-state index contributed by atoms with van der Waals surface area (Å²) in [5.74, 6) is 0.999. The van der Waals surface area contributed by atoms with E-state index in [0.717, 1.165) is 57.2 Å². The summed E-state index contributed by atoms with van der Waals surface area (Å²) in [6.45, 7) is 5.83. The number of thioether (sulfide) groups is 1. The first-order valence-electron chi connectivity index (χ1n) is 16.4. The molecule has 0 unspecified atom stereocenters. The summed E-state index contributed by atoms with van der Waals surface area (Å²) >= 11 is 1.91. The van der Waals surface area contributed by atoms with Crippen molar-refractivity contribution >= 4 is 35.5 Å². The Bertz CT molecular complexity index is 825. The van der Waals surface area contributed by atoms with Crippen molar-refractivity contribution in [3.05, 3.63) is 0 Å². The lowest BCUT2D eigenvalue weighted by molar-refractivity contribution is -0.123. The molecule has 0 aromatic heterocycles. The van der Waals surface area contributed by atoms with Crippen LogP contribution in [-0.2, 0) is 28.6 Å². The molecule has 5 amide bonds. The van der Waals surface area contributed by atoms with E-state index in [1.54, 1.807) is 0 Å². The Kier molecular flexibility index (Phi) is 21.7. The van der Waals surface area contributed by atoms with Gasteiger partial charge in [0.25, 0.3) is 0 Å². The highest BCUT2D eigenvalue weighted by Crippen LogP contribution is 2.33. The highest BCUT2D eigenvalue weighted by Gasteiger charge is 2.42. The summed E-state index contributed by atoms with van der Waals surface area (Å²) < 4.78 is 16.6. The van der Waals surface area contributed by atoms with Crippen LogP contribution < -0.4 is 31.9 Å². The predicted octanol–water partition coefficient (Wildman–Crippen LogP) is 1.06. The summed E-state index contributed by atoms with van der Waals surface area (Å²) in [5, 5.41) is 18.2. The second-order valence-corrected chi connectivity index (χ2v) is 12.4. The number of nitrogens with one attached hydrogen (secondary N) is 6. The van der Waals surface area contributed by atoms with E-state index in [2.05, 4.69) is 31.9 Å². The highest BCUT2D eigenvalue weighted by atomic mass is 32.2. The topological polar surface area (TPSA) is 168 Å². The van der Waals surface area contributed by atoms with Gasteiger partial charge >= 0.3 is 6.03 Å². The average Bonchev–Trinajstić information content (AvgIpc) is 3.56. The standard InChI is InChI=1S/C30H56N6O7S/c1-31-13-4-5-14-32-27(38)11-6-12-28(39)34-16-8-18-42-20-22-43-21-19-41-17-7-15-33-26(37)10-3-2-9-25-29-24(23-44-25)35-30(40)36-29/h24-25,29,31H,2-23H2,1H3,(H,32,38)(H,33,37)(H,34,39)(H2,35,36,40)/t24-,25-,29-/m0/s1. The fraction of sp³-hybridized carbons (Fsp3) is 0.867. The predicted molar refractivity (Wildman–Crippen MR) is 172 cm³/mol. The molecule has 2 fully saturated rings. The molecule has 0 aromatic rings. The molecule has 0 saturated carbocycles. The van der Waals surface area contributed by atoms with Crippen LogP contribution in [0.2, 0.25) is 0 Å². The molecule has 3 atom stereocenters. The molecule has 44 heavy (non-hydrogen) atoms. The summed E-state index contributed by atoms with van der Waals surface area (Å²) in [6.07, 6.45) is 8.11. The number of carbonyl (C=O) groups is 4. The minimum atomic E-state index is -0.0582. The van der Waals surface area contributed by atoms with Crippen molar-refractivity contribution in [3.8, 4) is 0 Å². The smallest absolute Gasteiger partial charge is 0.315 e. The maximum atomic E-state index is 12.0. The van der Waals surface area contributed by atoms with Gasteiger partial charge in [-0.05, 0) is 58.5 Å². The van der Waals surface area contributed by atoms with Gasteiger partial charge in [0.05, 0.1) is 38.5 Å². The van der Waals surface area contributed by atoms with Crippen LogP contribution in [0.15, 0.2) is 0 Å². The number of carbonyl (C=O) groups excluding carboxylic acids is 4. The third kappa shape index (κ3) is 18.6. The van der Waals surface area contributed by atoms with Gasteiger partial charge < -0.3 is 46.1 Å². The molecule has 2 aliphatic heterocycles. The van der Waals surface area contributed by atoms with Crippen LogP contribution in [0.25, 0.3) is 0 Å². The molecule has 14 heteroatoms. The van der Waals surface area contributed by atoms with Gasteiger partial charge in [0, 0.05) is 63.1 Å². The van der Waals surface area contributed by atoms with Crippen LogP contribution in [0.5, 0.6) is 0 Å². The van der Waals surface area contributed by atoms with Crippen LogP contribution in [0.3, 0.4) is 0 Å². The molecule has 2 rings (SSSR count). The average molecular weight is 645 g/mol.